The van der Waals surface area contributed by atoms with Gasteiger partial charge in [0.25, 0.3) is 0 Å². The van der Waals surface area contributed by atoms with Gasteiger partial charge >= 0.3 is 5.97 Å². The van der Waals surface area contributed by atoms with Crippen LogP contribution in [0.2, 0.25) is 0 Å². The average molecular weight is 452 g/mol. The van der Waals surface area contributed by atoms with E-state index in [0.717, 1.165) is 39.7 Å². The van der Waals surface area contributed by atoms with E-state index in [-0.39, 0.29) is 5.97 Å². The first-order valence-electron chi connectivity index (χ1n) is 11.0. The summed E-state index contributed by atoms with van der Waals surface area (Å²) < 4.78 is 10.9. The van der Waals surface area contributed by atoms with Crippen molar-refractivity contribution in [1.29, 1.82) is 0 Å². The van der Waals surface area contributed by atoms with Crippen LogP contribution in [0.3, 0.4) is 0 Å². The number of ether oxygens (including phenoxy) is 2. The molecular weight excluding hydrogens is 426 g/mol. The number of benzene rings is 1. The Morgan fingerprint density at radius 3 is 1.94 bits per heavy atom. The molecule has 3 aromatic heterocycles. The molecule has 6 heteroatoms. The smallest absolute Gasteiger partial charge is 0.333 e. The minimum absolute atomic E-state index is 0.299. The Kier molecular flexibility index (Phi) is 7.40. The van der Waals surface area contributed by atoms with Crippen LogP contribution in [0, 0.1) is 0 Å². The van der Waals surface area contributed by atoms with E-state index in [2.05, 4.69) is 16.5 Å². The summed E-state index contributed by atoms with van der Waals surface area (Å²) in [5.74, 6) is 0.371. The highest BCUT2D eigenvalue weighted by Crippen LogP contribution is 2.29. The van der Waals surface area contributed by atoms with Gasteiger partial charge in [0.05, 0.1) is 36.0 Å². The molecule has 170 valence electrons. The first-order valence-corrected chi connectivity index (χ1v) is 11.0. The van der Waals surface area contributed by atoms with Gasteiger partial charge in [0.1, 0.15) is 5.75 Å². The second-order valence-corrected chi connectivity index (χ2v) is 7.70. The van der Waals surface area contributed by atoms with Gasteiger partial charge in [-0.3, -0.25) is 9.97 Å². The quantitative estimate of drug-likeness (QED) is 0.183. The lowest BCUT2D eigenvalue weighted by Gasteiger charge is -2.11. The van der Waals surface area contributed by atoms with Gasteiger partial charge in [-0.2, -0.15) is 0 Å². The zero-order valence-electron chi connectivity index (χ0n) is 19.0. The van der Waals surface area contributed by atoms with E-state index in [9.17, 15) is 4.79 Å². The van der Waals surface area contributed by atoms with E-state index in [4.69, 9.17) is 14.5 Å². The highest BCUT2D eigenvalue weighted by atomic mass is 16.5. The SMILES string of the molecule is C=C(C)C(=O)OCCCOc1ccc(-c2cc(-c3ccccn3)nc(-c3ccccn3)c2)cc1. The van der Waals surface area contributed by atoms with Crippen molar-refractivity contribution in [3.05, 3.63) is 97.3 Å². The standard InChI is InChI=1S/C28H25N3O3/c1-20(2)28(32)34-17-7-16-33-23-12-10-21(11-13-23)22-18-26(24-8-3-5-14-29-24)31-27(19-22)25-9-4-6-15-30-25/h3-6,8-15,18-19H,1,7,16-17H2,2H3. The summed E-state index contributed by atoms with van der Waals surface area (Å²) in [6.45, 7) is 5.94. The number of aromatic nitrogens is 3. The van der Waals surface area contributed by atoms with Crippen LogP contribution in [0.25, 0.3) is 33.9 Å². The molecule has 0 aliphatic rings. The minimum Gasteiger partial charge on any atom is -0.493 e. The van der Waals surface area contributed by atoms with Crippen LogP contribution in [0.4, 0.5) is 0 Å². The Labute approximate surface area is 199 Å². The number of nitrogens with zero attached hydrogens (tertiary/aromatic N) is 3. The fourth-order valence-electron chi connectivity index (χ4n) is 3.27. The zero-order valence-corrected chi connectivity index (χ0v) is 19.0. The predicted octanol–water partition coefficient (Wildman–Crippen LogP) is 5.76. The average Bonchev–Trinajstić information content (AvgIpc) is 2.89. The van der Waals surface area contributed by atoms with Crippen LogP contribution in [-0.2, 0) is 9.53 Å². The molecule has 0 unspecified atom stereocenters. The van der Waals surface area contributed by atoms with E-state index in [1.807, 2.05) is 72.8 Å². The fourth-order valence-corrected chi connectivity index (χ4v) is 3.27. The summed E-state index contributed by atoms with van der Waals surface area (Å²) in [5.41, 5.74) is 5.59. The molecule has 6 nitrogen and oxygen atoms in total. The number of pyridine rings is 3. The molecule has 0 N–H and O–H groups in total. The van der Waals surface area contributed by atoms with Gasteiger partial charge in [0, 0.05) is 24.4 Å². The van der Waals surface area contributed by atoms with Crippen molar-refractivity contribution in [2.24, 2.45) is 0 Å². The Morgan fingerprint density at radius 2 is 1.41 bits per heavy atom. The molecule has 0 radical (unpaired) electrons. The summed E-state index contributed by atoms with van der Waals surface area (Å²) >= 11 is 0. The number of carbonyl (C=O) groups excluding carboxylic acids is 1. The van der Waals surface area contributed by atoms with Crippen LogP contribution in [0.15, 0.2) is 97.3 Å². The Hall–Kier alpha value is -4.32. The molecule has 0 aliphatic carbocycles. The summed E-state index contributed by atoms with van der Waals surface area (Å²) in [5, 5.41) is 0. The van der Waals surface area contributed by atoms with Gasteiger partial charge in [-0.05, 0) is 66.6 Å². The molecule has 0 aliphatic heterocycles. The minimum atomic E-state index is -0.378. The molecule has 3 heterocycles. The first-order chi connectivity index (χ1) is 16.6. The van der Waals surface area contributed by atoms with Gasteiger partial charge in [-0.25, -0.2) is 9.78 Å². The number of carbonyl (C=O) groups is 1. The predicted molar refractivity (Wildman–Crippen MR) is 132 cm³/mol. The Bertz CT molecular complexity index is 1200. The maximum absolute atomic E-state index is 11.4. The van der Waals surface area contributed by atoms with Gasteiger partial charge in [0.15, 0.2) is 0 Å². The molecular formula is C28H25N3O3. The second-order valence-electron chi connectivity index (χ2n) is 7.70. The number of hydrogen-bond donors (Lipinski definition) is 0. The summed E-state index contributed by atoms with van der Waals surface area (Å²) in [4.78, 5) is 25.1. The molecule has 4 rings (SSSR count). The molecule has 0 saturated heterocycles. The van der Waals surface area contributed by atoms with Crippen molar-refractivity contribution in [3.63, 3.8) is 0 Å². The second kappa shape index (κ2) is 11.0. The van der Waals surface area contributed by atoms with Gasteiger partial charge in [-0.15, -0.1) is 0 Å². The number of rotatable bonds is 9. The normalized spacial score (nSPS) is 10.5. The number of esters is 1. The van der Waals surface area contributed by atoms with E-state index in [0.29, 0.717) is 25.2 Å². The lowest BCUT2D eigenvalue weighted by molar-refractivity contribution is -0.139. The highest BCUT2D eigenvalue weighted by molar-refractivity contribution is 5.86. The van der Waals surface area contributed by atoms with Crippen molar-refractivity contribution in [1.82, 2.24) is 15.0 Å². The molecule has 0 bridgehead atoms. The maximum atomic E-state index is 11.4. The largest absolute Gasteiger partial charge is 0.493 e. The van der Waals surface area contributed by atoms with Crippen LogP contribution in [-0.4, -0.2) is 34.1 Å². The molecule has 0 saturated carbocycles. The third-order valence-electron chi connectivity index (χ3n) is 5.01. The maximum Gasteiger partial charge on any atom is 0.333 e. The monoisotopic (exact) mass is 451 g/mol. The summed E-state index contributed by atoms with van der Waals surface area (Å²) in [7, 11) is 0. The molecule has 4 aromatic rings. The van der Waals surface area contributed by atoms with Gasteiger partial charge < -0.3 is 9.47 Å². The lowest BCUT2D eigenvalue weighted by Crippen LogP contribution is -2.09. The highest BCUT2D eigenvalue weighted by Gasteiger charge is 2.10. The Morgan fingerprint density at radius 1 is 0.794 bits per heavy atom. The van der Waals surface area contributed by atoms with E-state index >= 15 is 0 Å². The summed E-state index contributed by atoms with van der Waals surface area (Å²) in [6, 6.07) is 23.5. The fraction of sp³-hybridized carbons (Fsp3) is 0.143. The molecule has 0 fully saturated rings. The molecule has 34 heavy (non-hydrogen) atoms. The van der Waals surface area contributed by atoms with E-state index in [1.54, 1.807) is 19.3 Å². The van der Waals surface area contributed by atoms with Crippen molar-refractivity contribution >= 4 is 5.97 Å². The van der Waals surface area contributed by atoms with Crippen LogP contribution >= 0.6 is 0 Å². The Balaban J connectivity index is 1.51. The number of hydrogen-bond acceptors (Lipinski definition) is 6. The summed E-state index contributed by atoms with van der Waals surface area (Å²) in [6.07, 6.45) is 4.12. The molecule has 1 aromatic carbocycles. The van der Waals surface area contributed by atoms with Gasteiger partial charge in [-0.1, -0.05) is 30.8 Å². The van der Waals surface area contributed by atoms with Crippen molar-refractivity contribution in [2.75, 3.05) is 13.2 Å². The topological polar surface area (TPSA) is 74.2 Å². The first kappa shape index (κ1) is 22.9. The zero-order chi connectivity index (χ0) is 23.8. The van der Waals surface area contributed by atoms with Crippen molar-refractivity contribution < 1.29 is 14.3 Å². The third kappa shape index (κ3) is 5.92. The third-order valence-corrected chi connectivity index (χ3v) is 5.01. The van der Waals surface area contributed by atoms with Crippen LogP contribution < -0.4 is 4.74 Å². The lowest BCUT2D eigenvalue weighted by atomic mass is 10.0. The van der Waals surface area contributed by atoms with Crippen LogP contribution in [0.5, 0.6) is 5.75 Å². The molecule has 0 spiro atoms. The van der Waals surface area contributed by atoms with Gasteiger partial charge in [0.2, 0.25) is 0 Å². The van der Waals surface area contributed by atoms with Crippen LogP contribution in [0.1, 0.15) is 13.3 Å². The molecule has 0 atom stereocenters. The van der Waals surface area contributed by atoms with Crippen molar-refractivity contribution in [2.45, 2.75) is 13.3 Å². The molecule has 0 amide bonds. The van der Waals surface area contributed by atoms with E-state index < -0.39 is 0 Å². The van der Waals surface area contributed by atoms with E-state index in [1.165, 1.54) is 0 Å². The van der Waals surface area contributed by atoms with Crippen molar-refractivity contribution in [3.8, 4) is 39.7 Å².